The summed E-state index contributed by atoms with van der Waals surface area (Å²) in [6, 6.07) is 7.78. The number of halogens is 1. The van der Waals surface area contributed by atoms with Gasteiger partial charge in [-0.15, -0.1) is 0 Å². The number of hydrogen-bond donors (Lipinski definition) is 4. The first-order valence-electron chi connectivity index (χ1n) is 12.3. The average Bonchev–Trinajstić information content (AvgIpc) is 3.06. The Morgan fingerprint density at radius 1 is 1.31 bits per heavy atom. The van der Waals surface area contributed by atoms with Crippen molar-refractivity contribution in [3.63, 3.8) is 0 Å². The molecule has 39 heavy (non-hydrogen) atoms. The molecule has 15 heteroatoms. The third kappa shape index (κ3) is 7.02. The Balaban J connectivity index is 1.84. The third-order valence-electron chi connectivity index (χ3n) is 6.17. The van der Waals surface area contributed by atoms with Crippen LogP contribution in [0.2, 0.25) is 0 Å². The normalized spacial score (nSPS) is 27.2. The summed E-state index contributed by atoms with van der Waals surface area (Å²) in [5.41, 5.74) is 2.15. The van der Waals surface area contributed by atoms with Crippen molar-refractivity contribution in [1.29, 1.82) is 0 Å². The van der Waals surface area contributed by atoms with Crippen LogP contribution in [-0.2, 0) is 23.4 Å². The summed E-state index contributed by atoms with van der Waals surface area (Å²) in [7, 11) is -4.54. The minimum Gasteiger partial charge on any atom is -0.461 e. The van der Waals surface area contributed by atoms with Crippen molar-refractivity contribution in [3.05, 3.63) is 53.1 Å². The fraction of sp³-hybridized carbons (Fsp3) is 0.542. The summed E-state index contributed by atoms with van der Waals surface area (Å²) in [6.45, 7) is 4.86. The van der Waals surface area contributed by atoms with Crippen LogP contribution in [0.15, 0.2) is 47.4 Å². The van der Waals surface area contributed by atoms with Crippen LogP contribution in [0.1, 0.15) is 46.8 Å². The Bertz CT molecular complexity index is 1240. The zero-order valence-electron chi connectivity index (χ0n) is 22.0. The van der Waals surface area contributed by atoms with Crippen molar-refractivity contribution in [2.45, 2.75) is 76.5 Å². The van der Waals surface area contributed by atoms with Gasteiger partial charge in [-0.3, -0.25) is 13.9 Å². The van der Waals surface area contributed by atoms with Crippen LogP contribution in [0.25, 0.3) is 0 Å². The fourth-order valence-electron chi connectivity index (χ4n) is 3.89. The van der Waals surface area contributed by atoms with Gasteiger partial charge in [-0.2, -0.15) is 10.1 Å². The van der Waals surface area contributed by atoms with E-state index >= 15 is 4.39 Å². The van der Waals surface area contributed by atoms with Crippen LogP contribution < -0.4 is 21.0 Å². The number of alkyl halides is 1. The molecule has 1 fully saturated rings. The van der Waals surface area contributed by atoms with E-state index in [4.69, 9.17) is 24.3 Å². The largest absolute Gasteiger partial charge is 0.461 e. The van der Waals surface area contributed by atoms with Crippen molar-refractivity contribution in [1.82, 2.24) is 14.6 Å². The van der Waals surface area contributed by atoms with Crippen molar-refractivity contribution in [2.24, 2.45) is 0 Å². The Morgan fingerprint density at radius 2 is 1.95 bits per heavy atom. The Morgan fingerprint density at radius 3 is 2.54 bits per heavy atom. The Labute approximate surface area is 224 Å². The molecule has 0 spiro atoms. The number of nitrogen functional groups attached to an aromatic ring is 1. The van der Waals surface area contributed by atoms with Gasteiger partial charge >= 0.3 is 19.4 Å². The van der Waals surface area contributed by atoms with Crippen LogP contribution in [0.3, 0.4) is 0 Å². The number of esters is 1. The fourth-order valence-corrected chi connectivity index (χ4v) is 5.40. The SMILES string of the molecule is CCC(CC)OC(=O)[C@H](C)NP(=O)(OC[C@@]1(F)O[C@@H](n2ccc(N)nc2=O)[C@](C)(O)[C@@H]1O)Oc1ccccc1. The van der Waals surface area contributed by atoms with Crippen molar-refractivity contribution < 1.29 is 42.5 Å². The maximum atomic E-state index is 16.0. The second-order valence-electron chi connectivity index (χ2n) is 9.33. The number of aliphatic hydroxyl groups is 2. The number of para-hydroxylation sites is 1. The van der Waals surface area contributed by atoms with E-state index < -0.39 is 55.8 Å². The number of benzene rings is 1. The maximum Gasteiger partial charge on any atom is 0.459 e. The molecule has 1 aromatic heterocycles. The van der Waals surface area contributed by atoms with Crippen molar-refractivity contribution in [3.8, 4) is 5.75 Å². The first-order chi connectivity index (χ1) is 18.2. The lowest BCUT2D eigenvalue weighted by Gasteiger charge is -2.29. The van der Waals surface area contributed by atoms with Gasteiger partial charge in [-0.25, -0.2) is 13.8 Å². The van der Waals surface area contributed by atoms with E-state index in [9.17, 15) is 24.4 Å². The number of nitrogens with zero attached hydrogens (tertiary/aromatic N) is 2. The molecule has 0 bridgehead atoms. The van der Waals surface area contributed by atoms with Crippen LogP contribution in [0.5, 0.6) is 5.75 Å². The van der Waals surface area contributed by atoms with Crippen LogP contribution in [0.4, 0.5) is 10.2 Å². The van der Waals surface area contributed by atoms with E-state index in [0.717, 1.165) is 17.7 Å². The molecular weight excluding hydrogens is 538 g/mol. The second kappa shape index (κ2) is 12.1. The molecule has 1 saturated heterocycles. The summed E-state index contributed by atoms with van der Waals surface area (Å²) in [4.78, 5) is 28.4. The number of nitrogens with one attached hydrogen (secondary N) is 1. The zero-order chi connectivity index (χ0) is 29.0. The molecule has 13 nitrogen and oxygen atoms in total. The molecule has 1 unspecified atom stereocenters. The monoisotopic (exact) mass is 572 g/mol. The number of hydrogen-bond acceptors (Lipinski definition) is 11. The number of carbonyl (C=O) groups excluding carboxylic acids is 1. The highest BCUT2D eigenvalue weighted by molar-refractivity contribution is 7.52. The van der Waals surface area contributed by atoms with E-state index in [1.54, 1.807) is 18.2 Å². The lowest BCUT2D eigenvalue weighted by Crippen LogP contribution is -2.50. The summed E-state index contributed by atoms with van der Waals surface area (Å²) in [6.07, 6.45) is -2.15. The molecule has 0 aliphatic carbocycles. The first kappa shape index (κ1) is 30.7. The topological polar surface area (TPSA) is 184 Å². The molecule has 2 heterocycles. The average molecular weight is 573 g/mol. The van der Waals surface area contributed by atoms with Gasteiger partial charge in [-0.1, -0.05) is 32.0 Å². The summed E-state index contributed by atoms with van der Waals surface area (Å²) in [5.74, 6) is -3.97. The standard InChI is InChI=1S/C24H34FN4O9P/c1-5-16(6-2)36-19(30)15(3)28-39(34,38-17-10-8-7-9-11-17)35-14-24(25)20(31)23(4,33)21(37-24)29-13-12-18(26)27-22(29)32/h7-13,15-16,20-21,31,33H,5-6,14H2,1-4H3,(H,28,34)(H2,26,27,32)/t15-,20-,21+,23+,24+,39?/m0/s1. The number of anilines is 1. The number of aliphatic hydroxyl groups excluding tert-OH is 1. The van der Waals surface area contributed by atoms with Gasteiger partial charge in [-0.05, 0) is 44.9 Å². The third-order valence-corrected chi connectivity index (χ3v) is 7.80. The van der Waals surface area contributed by atoms with Crippen LogP contribution >= 0.6 is 7.75 Å². The van der Waals surface area contributed by atoms with Gasteiger partial charge in [0.1, 0.15) is 42.0 Å². The van der Waals surface area contributed by atoms with E-state index in [1.807, 2.05) is 13.8 Å². The van der Waals surface area contributed by atoms with Gasteiger partial charge in [0.25, 0.3) is 5.85 Å². The molecule has 3 rings (SSSR count). The number of rotatable bonds is 12. The van der Waals surface area contributed by atoms with Gasteiger partial charge < -0.3 is 29.9 Å². The molecular formula is C24H34FN4O9P. The minimum absolute atomic E-state index is 0.0686. The van der Waals surface area contributed by atoms with Crippen molar-refractivity contribution >= 4 is 19.5 Å². The summed E-state index contributed by atoms with van der Waals surface area (Å²) < 4.78 is 51.9. The highest BCUT2D eigenvalue weighted by atomic mass is 31.2. The number of carbonyl (C=O) groups is 1. The van der Waals surface area contributed by atoms with E-state index in [0.29, 0.717) is 12.8 Å². The predicted octanol–water partition coefficient (Wildman–Crippen LogP) is 2.05. The highest BCUT2D eigenvalue weighted by Crippen LogP contribution is 2.50. The smallest absolute Gasteiger partial charge is 0.459 e. The summed E-state index contributed by atoms with van der Waals surface area (Å²) in [5, 5.41) is 23.9. The number of ether oxygens (including phenoxy) is 2. The molecule has 0 saturated carbocycles. The first-order valence-corrected chi connectivity index (χ1v) is 13.9. The van der Waals surface area contributed by atoms with E-state index in [1.165, 1.54) is 25.1 Å². The molecule has 1 aromatic carbocycles. The minimum atomic E-state index is -4.54. The molecule has 1 aliphatic heterocycles. The van der Waals surface area contributed by atoms with Gasteiger partial charge in [0.2, 0.25) is 0 Å². The van der Waals surface area contributed by atoms with Gasteiger partial charge in [0, 0.05) is 6.20 Å². The molecule has 5 N–H and O–H groups in total. The molecule has 1 aliphatic rings. The van der Waals surface area contributed by atoms with Crippen LogP contribution in [-0.4, -0.2) is 62.0 Å². The van der Waals surface area contributed by atoms with E-state index in [2.05, 4.69) is 10.1 Å². The molecule has 0 radical (unpaired) electrons. The van der Waals surface area contributed by atoms with Gasteiger partial charge in [0.05, 0.1) is 0 Å². The van der Waals surface area contributed by atoms with Gasteiger partial charge in [0.15, 0.2) is 6.23 Å². The number of nitrogens with two attached hydrogens (primary N) is 1. The lowest BCUT2D eigenvalue weighted by atomic mass is 9.95. The predicted molar refractivity (Wildman–Crippen MR) is 137 cm³/mol. The van der Waals surface area contributed by atoms with E-state index in [-0.39, 0.29) is 17.7 Å². The van der Waals surface area contributed by atoms with Crippen molar-refractivity contribution in [2.75, 3.05) is 12.3 Å². The Kier molecular flexibility index (Phi) is 9.52. The molecule has 0 amide bonds. The maximum absolute atomic E-state index is 16.0. The molecule has 216 valence electrons. The summed E-state index contributed by atoms with van der Waals surface area (Å²) >= 11 is 0. The quantitative estimate of drug-likeness (QED) is 0.215. The second-order valence-corrected chi connectivity index (χ2v) is 11.0. The number of aromatic nitrogens is 2. The zero-order valence-corrected chi connectivity index (χ0v) is 22.9. The van der Waals surface area contributed by atoms with Crippen LogP contribution in [0, 0.1) is 0 Å². The highest BCUT2D eigenvalue weighted by Gasteiger charge is 2.64. The Hall–Kier alpha value is -2.87. The molecule has 2 aromatic rings. The lowest BCUT2D eigenvalue weighted by molar-refractivity contribution is -0.204. The molecule has 6 atom stereocenters.